The van der Waals surface area contributed by atoms with E-state index in [0.717, 1.165) is 0 Å². The zero-order valence-electron chi connectivity index (χ0n) is 10.1. The van der Waals surface area contributed by atoms with E-state index in [-0.39, 0.29) is 7.43 Å². The van der Waals surface area contributed by atoms with Gasteiger partial charge in [-0.25, -0.2) is 0 Å². The van der Waals surface area contributed by atoms with Crippen molar-refractivity contribution in [3.8, 4) is 12.3 Å². The minimum atomic E-state index is 0. The lowest BCUT2D eigenvalue weighted by molar-refractivity contribution is 0.255. The molecule has 86 valence electrons. The highest BCUT2D eigenvalue weighted by Crippen LogP contribution is 2.32. The van der Waals surface area contributed by atoms with Gasteiger partial charge in [0.05, 0.1) is 0 Å². The Morgan fingerprint density at radius 3 is 1.50 bits per heavy atom. The zero-order valence-corrected chi connectivity index (χ0v) is 10.1. The average Bonchev–Trinajstić information content (AvgIpc) is 2.07. The number of hydrogen-bond donors (Lipinski definition) is 0. The van der Waals surface area contributed by atoms with Gasteiger partial charge >= 0.3 is 0 Å². The second-order valence-electron chi connectivity index (χ2n) is 3.95. The van der Waals surface area contributed by atoms with Gasteiger partial charge < -0.3 is 0 Å². The Labute approximate surface area is 92.5 Å². The van der Waals surface area contributed by atoms with Gasteiger partial charge in [-0.2, -0.15) is 0 Å². The van der Waals surface area contributed by atoms with E-state index < -0.39 is 0 Å². The van der Waals surface area contributed by atoms with E-state index in [1.54, 1.807) is 6.92 Å². The first kappa shape index (κ1) is 19.2. The maximum atomic E-state index is 4.60. The van der Waals surface area contributed by atoms with Crippen LogP contribution in [0, 0.1) is 17.8 Å². The van der Waals surface area contributed by atoms with Crippen molar-refractivity contribution in [1.82, 2.24) is 0 Å². The topological polar surface area (TPSA) is 0 Å². The van der Waals surface area contributed by atoms with Crippen molar-refractivity contribution in [2.45, 2.75) is 74.1 Å². The van der Waals surface area contributed by atoms with E-state index in [1.165, 1.54) is 32.1 Å². The first-order valence-corrected chi connectivity index (χ1v) is 5.47. The van der Waals surface area contributed by atoms with Crippen LogP contribution in [0.4, 0.5) is 0 Å². The Morgan fingerprint density at radius 1 is 1.07 bits per heavy atom. The highest BCUT2D eigenvalue weighted by atomic mass is 14.2. The minimum absolute atomic E-state index is 0. The molecule has 0 fully saturated rings. The van der Waals surface area contributed by atoms with Crippen molar-refractivity contribution in [1.29, 1.82) is 0 Å². The first-order chi connectivity index (χ1) is 6.10. The molecule has 0 radical (unpaired) electrons. The largest absolute Gasteiger partial charge is 0.120 e. The fourth-order valence-corrected chi connectivity index (χ4v) is 1.69. The molecule has 0 aliphatic carbocycles. The molecular formula is C14H30. The lowest BCUT2D eigenvalue weighted by Gasteiger charge is -2.27. The summed E-state index contributed by atoms with van der Waals surface area (Å²) in [6.07, 6.45) is 11.4. The molecule has 0 rings (SSSR count). The summed E-state index contributed by atoms with van der Waals surface area (Å²) in [5.74, 6) is 2.25. The Balaban J connectivity index is -0.000000267. The monoisotopic (exact) mass is 198 g/mol. The van der Waals surface area contributed by atoms with Gasteiger partial charge in [-0.1, -0.05) is 54.4 Å². The molecule has 0 unspecified atom stereocenters. The van der Waals surface area contributed by atoms with Gasteiger partial charge in [0.15, 0.2) is 0 Å². The van der Waals surface area contributed by atoms with Crippen LogP contribution in [0.3, 0.4) is 0 Å². The standard InChI is InChI=1S/C10H22.C3H4.CH4/c1-5-8-10(4,7-3)9-6-2;1-3-2;/h5-9H2,1-4H3;1H,2H3;1H4. The number of terminal acetylenes is 1. The Kier molecular flexibility index (Phi) is 17.2. The lowest BCUT2D eigenvalue weighted by Crippen LogP contribution is -2.13. The number of rotatable bonds is 5. The molecular weight excluding hydrogens is 168 g/mol. The predicted octanol–water partition coefficient (Wildman–Crippen LogP) is 5.28. The summed E-state index contributed by atoms with van der Waals surface area (Å²) < 4.78 is 0. The van der Waals surface area contributed by atoms with Crippen molar-refractivity contribution < 1.29 is 0 Å². The van der Waals surface area contributed by atoms with Crippen LogP contribution in [0.2, 0.25) is 0 Å². The van der Waals surface area contributed by atoms with Crippen molar-refractivity contribution in [3.63, 3.8) is 0 Å². The third kappa shape index (κ3) is 11.6. The smallest absolute Gasteiger partial charge is 0.00297 e. The summed E-state index contributed by atoms with van der Waals surface area (Å²) in [7, 11) is 0. The molecule has 0 amide bonds. The molecule has 0 saturated heterocycles. The number of hydrogen-bond acceptors (Lipinski definition) is 0. The van der Waals surface area contributed by atoms with Crippen LogP contribution in [0.5, 0.6) is 0 Å². The van der Waals surface area contributed by atoms with E-state index in [0.29, 0.717) is 5.41 Å². The molecule has 0 aliphatic rings. The minimum Gasteiger partial charge on any atom is -0.120 e. The quantitative estimate of drug-likeness (QED) is 0.527. The summed E-state index contributed by atoms with van der Waals surface area (Å²) in [6, 6.07) is 0. The van der Waals surface area contributed by atoms with Crippen LogP contribution < -0.4 is 0 Å². The molecule has 0 aromatic carbocycles. The molecule has 0 saturated carbocycles. The van der Waals surface area contributed by atoms with E-state index in [4.69, 9.17) is 0 Å². The molecule has 0 aromatic heterocycles. The third-order valence-electron chi connectivity index (χ3n) is 2.56. The molecule has 0 atom stereocenters. The van der Waals surface area contributed by atoms with Gasteiger partial charge in [-0.05, 0) is 25.2 Å². The van der Waals surface area contributed by atoms with Crippen LogP contribution >= 0.6 is 0 Å². The molecule has 14 heavy (non-hydrogen) atoms. The fourth-order valence-electron chi connectivity index (χ4n) is 1.69. The van der Waals surface area contributed by atoms with Gasteiger partial charge in [0.25, 0.3) is 0 Å². The molecule has 0 heteroatoms. The van der Waals surface area contributed by atoms with Crippen LogP contribution in [0.15, 0.2) is 0 Å². The first-order valence-electron chi connectivity index (χ1n) is 5.47. The highest BCUT2D eigenvalue weighted by Gasteiger charge is 2.18. The van der Waals surface area contributed by atoms with Crippen molar-refractivity contribution in [2.75, 3.05) is 0 Å². The second-order valence-corrected chi connectivity index (χ2v) is 3.95. The van der Waals surface area contributed by atoms with E-state index >= 15 is 0 Å². The molecule has 0 nitrogen and oxygen atoms in total. The van der Waals surface area contributed by atoms with Crippen molar-refractivity contribution in [2.24, 2.45) is 5.41 Å². The fraction of sp³-hybridized carbons (Fsp3) is 0.857. The molecule has 0 heterocycles. The predicted molar refractivity (Wildman–Crippen MR) is 69.5 cm³/mol. The van der Waals surface area contributed by atoms with Gasteiger partial charge in [0, 0.05) is 0 Å². The van der Waals surface area contributed by atoms with Gasteiger partial charge in [0.2, 0.25) is 0 Å². The summed E-state index contributed by atoms with van der Waals surface area (Å²) in [6.45, 7) is 10.9. The van der Waals surface area contributed by atoms with Gasteiger partial charge in [-0.15, -0.1) is 12.3 Å². The SMILES string of the molecule is C.C#CC.CCCC(C)(CC)CCC. The summed E-state index contributed by atoms with van der Waals surface area (Å²) in [5.41, 5.74) is 0.642. The van der Waals surface area contributed by atoms with E-state index in [1.807, 2.05) is 0 Å². The zero-order chi connectivity index (χ0) is 10.7. The highest BCUT2D eigenvalue weighted by molar-refractivity contribution is 4.73. The van der Waals surface area contributed by atoms with Crippen LogP contribution in [-0.4, -0.2) is 0 Å². The molecule has 0 aliphatic heterocycles. The van der Waals surface area contributed by atoms with E-state index in [9.17, 15) is 0 Å². The molecule has 0 aromatic rings. The second kappa shape index (κ2) is 12.6. The summed E-state index contributed by atoms with van der Waals surface area (Å²) >= 11 is 0. The Bertz CT molecular complexity index is 121. The van der Waals surface area contributed by atoms with Crippen molar-refractivity contribution >= 4 is 0 Å². The third-order valence-corrected chi connectivity index (χ3v) is 2.56. The van der Waals surface area contributed by atoms with Crippen LogP contribution in [0.1, 0.15) is 74.1 Å². The van der Waals surface area contributed by atoms with Crippen LogP contribution in [-0.2, 0) is 0 Å². The normalized spacial score (nSPS) is 9.14. The average molecular weight is 198 g/mol. The van der Waals surface area contributed by atoms with E-state index in [2.05, 4.69) is 40.0 Å². The lowest BCUT2D eigenvalue weighted by atomic mass is 9.79. The maximum Gasteiger partial charge on any atom is -0.00297 e. The maximum absolute atomic E-state index is 4.60. The molecule has 0 spiro atoms. The van der Waals surface area contributed by atoms with Crippen LogP contribution in [0.25, 0.3) is 0 Å². The van der Waals surface area contributed by atoms with Gasteiger partial charge in [0.1, 0.15) is 0 Å². The van der Waals surface area contributed by atoms with Crippen molar-refractivity contribution in [3.05, 3.63) is 0 Å². The summed E-state index contributed by atoms with van der Waals surface area (Å²) in [4.78, 5) is 0. The molecule has 0 bridgehead atoms. The Morgan fingerprint density at radius 2 is 1.36 bits per heavy atom. The molecule has 0 N–H and O–H groups in total. The summed E-state index contributed by atoms with van der Waals surface area (Å²) in [5, 5.41) is 0. The van der Waals surface area contributed by atoms with Gasteiger partial charge in [-0.3, -0.25) is 0 Å². The Hall–Kier alpha value is -0.440.